The summed E-state index contributed by atoms with van der Waals surface area (Å²) in [5.41, 5.74) is 0. The van der Waals surface area contributed by atoms with Crippen LogP contribution in [0.5, 0.6) is 0 Å². The molecule has 4 heavy (non-hydrogen) atoms. The van der Waals surface area contributed by atoms with Gasteiger partial charge in [0, 0.05) is 43.4 Å². The van der Waals surface area contributed by atoms with Crippen molar-refractivity contribution in [1.82, 2.24) is 0 Å². The molecule has 0 rings (SSSR count). The molecule has 24 valence electrons. The van der Waals surface area contributed by atoms with E-state index >= 15 is 0 Å². The minimum absolute atomic E-state index is 0. The predicted molar refractivity (Wildman–Crippen MR) is 0 cm³/mol. The quantitative estimate of drug-likeness (QED) is 0.531. The van der Waals surface area contributed by atoms with Crippen LogP contribution in [0.3, 0.4) is 0 Å². The Morgan fingerprint density at radius 2 is 1.00 bits per heavy atom. The van der Waals surface area contributed by atoms with Gasteiger partial charge in [0.1, 0.15) is 0 Å². The van der Waals surface area contributed by atoms with Gasteiger partial charge in [-0.2, -0.15) is 0 Å². The van der Waals surface area contributed by atoms with Gasteiger partial charge in [-0.1, -0.05) is 0 Å². The molecule has 0 heterocycles. The van der Waals surface area contributed by atoms with Crippen LogP contribution in [0.1, 0.15) is 0 Å². The van der Waals surface area contributed by atoms with E-state index in [1.54, 1.807) is 17.9 Å². The summed E-state index contributed by atoms with van der Waals surface area (Å²) in [6.45, 7) is 0. The molecule has 0 N–H and O–H groups in total. The van der Waals surface area contributed by atoms with E-state index in [1.807, 2.05) is 0 Å². The Bertz CT molecular complexity index is 6.00. The third kappa shape index (κ3) is 8.82. The molecule has 0 radical (unpaired) electrons. The second-order valence-electron chi connectivity index (χ2n) is 0. The first-order chi connectivity index (χ1) is 1.00. The zero-order valence-electron chi connectivity index (χ0n) is 1.72. The van der Waals surface area contributed by atoms with Crippen LogP contribution in [0, 0.1) is 0 Å². The molecule has 0 nitrogen and oxygen atoms in total. The summed E-state index contributed by atoms with van der Waals surface area (Å²) in [6, 6.07) is 0. The van der Waals surface area contributed by atoms with Gasteiger partial charge in [-0.3, -0.25) is 0 Å². The Kier molecular flexibility index (Phi) is 69.8. The predicted octanol–water partition coefficient (Wildman–Crippen LogP) is -0.0100. The van der Waals surface area contributed by atoms with Crippen molar-refractivity contribution in [2.75, 3.05) is 0 Å². The molecule has 0 aromatic carbocycles. The fraction of sp³-hybridized carbons (Fsp3) is 0. The third-order valence-electron chi connectivity index (χ3n) is 0. The van der Waals surface area contributed by atoms with Gasteiger partial charge in [-0.15, -0.1) is 0 Å². The zero-order chi connectivity index (χ0) is 2.00. The van der Waals surface area contributed by atoms with Gasteiger partial charge in [0.05, 0.1) is 0 Å². The zero-order valence-corrected chi connectivity index (χ0v) is 7.84. The average Bonchev–Trinajstić information content (AvgIpc) is 1.00. The van der Waals surface area contributed by atoms with Crippen LogP contribution >= 0.6 is 0 Å². The average molecular weight is 250 g/mol. The van der Waals surface area contributed by atoms with Gasteiger partial charge >= 0.3 is 30.7 Å². The third-order valence-corrected chi connectivity index (χ3v) is 0. The monoisotopic (exact) mass is 252 g/mol. The topological polar surface area (TPSA) is 0 Å². The second-order valence-corrected chi connectivity index (χ2v) is 0. The van der Waals surface area contributed by atoms with Crippen molar-refractivity contribution >= 4 is 0 Å². The minimum Gasteiger partial charge on any atom is 0 e. The molecule has 0 aromatic heterocycles. The maximum Gasteiger partial charge on any atom is 0 e. The van der Waals surface area contributed by atoms with Crippen LogP contribution in [-0.2, 0) is 74.2 Å². The van der Waals surface area contributed by atoms with Crippen LogP contribution in [0.2, 0.25) is 0 Å². The first kappa shape index (κ1) is 16.0. The molecule has 4 heteroatoms. The fourth-order valence-corrected chi connectivity index (χ4v) is 0. The summed E-state index contributed by atoms with van der Waals surface area (Å²) in [5.74, 6) is 0. The molecule has 0 saturated heterocycles. The van der Waals surface area contributed by atoms with Gasteiger partial charge in [-0.25, -0.2) is 0 Å². The van der Waals surface area contributed by atoms with E-state index in [2.05, 4.69) is 12.9 Å². The van der Waals surface area contributed by atoms with E-state index in [9.17, 15) is 0 Å². The minimum atomic E-state index is 0. The number of rotatable bonds is 0. The molecule has 0 aliphatic carbocycles. The molecule has 0 fully saturated rings. The summed E-state index contributed by atoms with van der Waals surface area (Å²) in [4.78, 5) is 0. The smallest absolute Gasteiger partial charge is 0 e. The number of hydrogen-bond donors (Lipinski definition) is 0. The summed E-state index contributed by atoms with van der Waals surface area (Å²) in [7, 11) is 0. The van der Waals surface area contributed by atoms with Gasteiger partial charge < -0.3 is 0 Å². The van der Waals surface area contributed by atoms with Gasteiger partial charge in [0.15, 0.2) is 0 Å². The molecule has 0 aromatic rings. The van der Waals surface area contributed by atoms with Gasteiger partial charge in [0.2, 0.25) is 0 Å². The summed E-state index contributed by atoms with van der Waals surface area (Å²) < 4.78 is 0. The number of hydrogen-bond acceptors (Lipinski definition) is 0. The van der Waals surface area contributed by atoms with Crippen molar-refractivity contribution in [3.8, 4) is 0 Å². The van der Waals surface area contributed by atoms with Crippen molar-refractivity contribution in [2.24, 2.45) is 0 Å². The van der Waals surface area contributed by atoms with Crippen molar-refractivity contribution in [3.63, 3.8) is 0 Å². The molecule has 0 aliphatic rings. The summed E-state index contributed by atoms with van der Waals surface area (Å²) in [5, 5.41) is 0. The first-order valence-electron chi connectivity index (χ1n) is 0.129. The molecule has 0 atom stereocenters. The van der Waals surface area contributed by atoms with E-state index in [1.165, 1.54) is 0 Å². The summed E-state index contributed by atoms with van der Waals surface area (Å²) in [6.07, 6.45) is 0. The van der Waals surface area contributed by atoms with E-state index in [-0.39, 0.29) is 43.4 Å². The SMILES string of the molecule is [Ni][Mo].[Ti].[Ti]. The maximum absolute atomic E-state index is 3.88. The van der Waals surface area contributed by atoms with Gasteiger partial charge in [0.25, 0.3) is 0 Å². The van der Waals surface area contributed by atoms with Crippen LogP contribution < -0.4 is 0 Å². The van der Waals surface area contributed by atoms with E-state index in [0.717, 1.165) is 0 Å². The van der Waals surface area contributed by atoms with Crippen LogP contribution in [0.15, 0.2) is 0 Å². The molecular weight excluding hydrogens is 250 g/mol. The fourth-order valence-electron chi connectivity index (χ4n) is 0. The van der Waals surface area contributed by atoms with Crippen molar-refractivity contribution in [3.05, 3.63) is 0 Å². The van der Waals surface area contributed by atoms with Crippen LogP contribution in [-0.4, -0.2) is 0 Å². The van der Waals surface area contributed by atoms with E-state index < -0.39 is 0 Å². The molecule has 0 spiro atoms. The largest absolute Gasteiger partial charge is 0 e. The maximum atomic E-state index is 3.88. The Labute approximate surface area is 73.0 Å². The van der Waals surface area contributed by atoms with Crippen molar-refractivity contribution < 1.29 is 74.2 Å². The molecular formula is MoNiTi2. The Morgan fingerprint density at radius 1 is 1.00 bits per heavy atom. The Balaban J connectivity index is -0.00000000500. The molecule has 0 amide bonds. The van der Waals surface area contributed by atoms with Crippen molar-refractivity contribution in [1.29, 1.82) is 0 Å². The normalized spacial score (nSPS) is 1.50. The Morgan fingerprint density at radius 3 is 1.00 bits per heavy atom. The van der Waals surface area contributed by atoms with Crippen molar-refractivity contribution in [2.45, 2.75) is 0 Å². The standard InChI is InChI=1S/Mo.Ni.2Ti. The summed E-state index contributed by atoms with van der Waals surface area (Å²) >= 11 is 5.46. The van der Waals surface area contributed by atoms with Crippen LogP contribution in [0.25, 0.3) is 0 Å². The molecule has 0 aliphatic heterocycles. The second kappa shape index (κ2) is 17.5. The first-order valence-corrected chi connectivity index (χ1v) is 3.15. The Hall–Kier alpha value is 2.61. The molecule has 0 unspecified atom stereocenters. The molecule has 0 bridgehead atoms. The van der Waals surface area contributed by atoms with Crippen LogP contribution in [0.4, 0.5) is 0 Å². The molecule has 0 saturated carbocycles. The van der Waals surface area contributed by atoms with Gasteiger partial charge in [-0.05, 0) is 0 Å². The van der Waals surface area contributed by atoms with E-state index in [4.69, 9.17) is 0 Å². The van der Waals surface area contributed by atoms with E-state index in [0.29, 0.717) is 0 Å².